The molecule has 2 aromatic carbocycles. The minimum Gasteiger partial charge on any atom is -0.312 e. The molecule has 0 aromatic heterocycles. The average Bonchev–Trinajstić information content (AvgIpc) is 2.62. The van der Waals surface area contributed by atoms with E-state index in [-0.39, 0.29) is 5.38 Å². The van der Waals surface area contributed by atoms with Gasteiger partial charge in [-0.1, -0.05) is 54.1 Å². The zero-order valence-electron chi connectivity index (χ0n) is 13.8. The summed E-state index contributed by atoms with van der Waals surface area (Å²) in [5.41, 5.74) is 2.52. The zero-order chi connectivity index (χ0) is 16.8. The molecule has 1 fully saturated rings. The molecule has 0 aliphatic carbocycles. The third kappa shape index (κ3) is 5.22. The van der Waals surface area contributed by atoms with Crippen molar-refractivity contribution in [3.8, 4) is 0 Å². The minimum atomic E-state index is -0.00962. The van der Waals surface area contributed by atoms with E-state index in [0.29, 0.717) is 6.04 Å². The summed E-state index contributed by atoms with van der Waals surface area (Å²) in [6.45, 7) is 4.13. The van der Waals surface area contributed by atoms with Gasteiger partial charge in [0.25, 0.3) is 0 Å². The quantitative estimate of drug-likeness (QED) is 0.737. The van der Waals surface area contributed by atoms with Crippen LogP contribution in [-0.2, 0) is 6.54 Å². The van der Waals surface area contributed by atoms with Gasteiger partial charge in [0, 0.05) is 24.2 Å². The van der Waals surface area contributed by atoms with E-state index in [1.807, 2.05) is 24.3 Å². The van der Waals surface area contributed by atoms with Gasteiger partial charge in [-0.2, -0.15) is 0 Å². The van der Waals surface area contributed by atoms with Crippen molar-refractivity contribution in [1.29, 1.82) is 0 Å². The number of rotatable bonds is 6. The van der Waals surface area contributed by atoms with Crippen LogP contribution in [-0.4, -0.2) is 30.6 Å². The second kappa shape index (κ2) is 8.87. The lowest BCUT2D eigenvalue weighted by Gasteiger charge is -2.33. The summed E-state index contributed by atoms with van der Waals surface area (Å²) in [6.07, 6.45) is 2.36. The molecule has 1 aliphatic heterocycles. The molecule has 0 saturated carbocycles. The molecule has 0 amide bonds. The van der Waals surface area contributed by atoms with Gasteiger partial charge in [0.15, 0.2) is 0 Å². The normalized spacial score (nSPS) is 17.8. The van der Waals surface area contributed by atoms with E-state index in [4.69, 9.17) is 23.2 Å². The maximum Gasteiger partial charge on any atom is 0.0709 e. The van der Waals surface area contributed by atoms with Crippen molar-refractivity contribution in [2.24, 2.45) is 0 Å². The first kappa shape index (κ1) is 17.8. The molecule has 4 heteroatoms. The van der Waals surface area contributed by atoms with E-state index in [9.17, 15) is 0 Å². The largest absolute Gasteiger partial charge is 0.312 e. The van der Waals surface area contributed by atoms with Crippen molar-refractivity contribution in [2.75, 3.05) is 19.6 Å². The molecule has 1 N–H and O–H groups in total. The SMILES string of the molecule is Clc1ccc(C(Cl)CNC2CCN(Cc3ccccc3)CC2)cc1. The van der Waals surface area contributed by atoms with Gasteiger partial charge < -0.3 is 5.32 Å². The second-order valence-corrected chi connectivity index (χ2v) is 7.43. The molecule has 2 aromatic rings. The molecule has 0 radical (unpaired) electrons. The monoisotopic (exact) mass is 362 g/mol. The Morgan fingerprint density at radius 2 is 1.67 bits per heavy atom. The first-order valence-electron chi connectivity index (χ1n) is 8.60. The predicted molar refractivity (Wildman–Crippen MR) is 103 cm³/mol. The molecule has 0 spiro atoms. The van der Waals surface area contributed by atoms with Crippen LogP contribution in [0.5, 0.6) is 0 Å². The summed E-state index contributed by atoms with van der Waals surface area (Å²) < 4.78 is 0. The molecule has 3 rings (SSSR count). The predicted octanol–water partition coefficient (Wildman–Crippen LogP) is 4.87. The zero-order valence-corrected chi connectivity index (χ0v) is 15.3. The first-order chi connectivity index (χ1) is 11.7. The fourth-order valence-electron chi connectivity index (χ4n) is 3.20. The van der Waals surface area contributed by atoms with Crippen LogP contribution in [0.3, 0.4) is 0 Å². The maximum absolute atomic E-state index is 6.50. The summed E-state index contributed by atoms with van der Waals surface area (Å²) in [4.78, 5) is 2.53. The van der Waals surface area contributed by atoms with Crippen molar-refractivity contribution in [3.63, 3.8) is 0 Å². The van der Waals surface area contributed by atoms with Crippen molar-refractivity contribution in [3.05, 3.63) is 70.7 Å². The molecule has 24 heavy (non-hydrogen) atoms. The van der Waals surface area contributed by atoms with Crippen LogP contribution >= 0.6 is 23.2 Å². The van der Waals surface area contributed by atoms with E-state index in [1.165, 1.54) is 18.4 Å². The maximum atomic E-state index is 6.50. The number of alkyl halides is 1. The van der Waals surface area contributed by atoms with E-state index in [0.717, 1.165) is 36.8 Å². The molecule has 128 valence electrons. The van der Waals surface area contributed by atoms with Gasteiger partial charge in [-0.05, 0) is 49.2 Å². The number of benzene rings is 2. The summed E-state index contributed by atoms with van der Waals surface area (Å²) in [7, 11) is 0. The number of nitrogens with one attached hydrogen (secondary N) is 1. The van der Waals surface area contributed by atoms with Gasteiger partial charge in [-0.3, -0.25) is 4.90 Å². The third-order valence-corrected chi connectivity index (χ3v) is 5.31. The van der Waals surface area contributed by atoms with Crippen LogP contribution in [0.1, 0.15) is 29.3 Å². The number of hydrogen-bond donors (Lipinski definition) is 1. The van der Waals surface area contributed by atoms with E-state index in [2.05, 4.69) is 40.5 Å². The van der Waals surface area contributed by atoms with Gasteiger partial charge in [-0.25, -0.2) is 0 Å². The van der Waals surface area contributed by atoms with Crippen molar-refractivity contribution in [2.45, 2.75) is 30.8 Å². The van der Waals surface area contributed by atoms with E-state index < -0.39 is 0 Å². The highest BCUT2D eigenvalue weighted by Gasteiger charge is 2.20. The summed E-state index contributed by atoms with van der Waals surface area (Å²) in [6, 6.07) is 19.1. The van der Waals surface area contributed by atoms with Gasteiger partial charge >= 0.3 is 0 Å². The van der Waals surface area contributed by atoms with Crippen molar-refractivity contribution >= 4 is 23.2 Å². The Hall–Kier alpha value is -1.06. The number of likely N-dealkylation sites (tertiary alicyclic amines) is 1. The Kier molecular flexibility index (Phi) is 6.56. The molecule has 1 unspecified atom stereocenters. The fourth-order valence-corrected chi connectivity index (χ4v) is 3.56. The lowest BCUT2D eigenvalue weighted by atomic mass is 10.0. The fraction of sp³-hybridized carbons (Fsp3) is 0.400. The highest BCUT2D eigenvalue weighted by Crippen LogP contribution is 2.22. The molecular formula is C20H24Cl2N2. The molecular weight excluding hydrogens is 339 g/mol. The Morgan fingerprint density at radius 1 is 1.00 bits per heavy atom. The Balaban J connectivity index is 1.40. The molecule has 2 nitrogen and oxygen atoms in total. The van der Waals surface area contributed by atoms with E-state index >= 15 is 0 Å². The molecule has 1 saturated heterocycles. The van der Waals surface area contributed by atoms with Crippen LogP contribution in [0.4, 0.5) is 0 Å². The minimum absolute atomic E-state index is 0.00962. The molecule has 1 heterocycles. The molecule has 0 bridgehead atoms. The number of nitrogens with zero attached hydrogens (tertiary/aromatic N) is 1. The topological polar surface area (TPSA) is 15.3 Å². The standard InChI is InChI=1S/C20H24Cl2N2/c21-18-8-6-17(7-9-18)20(22)14-23-19-10-12-24(13-11-19)15-16-4-2-1-3-5-16/h1-9,19-20,23H,10-15H2. The lowest BCUT2D eigenvalue weighted by Crippen LogP contribution is -2.42. The Labute approximate surface area is 154 Å². The van der Waals surface area contributed by atoms with E-state index in [1.54, 1.807) is 0 Å². The van der Waals surface area contributed by atoms with Crippen molar-refractivity contribution < 1.29 is 0 Å². The number of halogens is 2. The lowest BCUT2D eigenvalue weighted by molar-refractivity contribution is 0.191. The van der Waals surface area contributed by atoms with Gasteiger partial charge in [-0.15, -0.1) is 11.6 Å². The second-order valence-electron chi connectivity index (χ2n) is 6.46. The Morgan fingerprint density at radius 3 is 2.33 bits per heavy atom. The summed E-state index contributed by atoms with van der Waals surface area (Å²) in [5.74, 6) is 0. The number of hydrogen-bond acceptors (Lipinski definition) is 2. The van der Waals surface area contributed by atoms with Crippen LogP contribution in [0.25, 0.3) is 0 Å². The number of piperidine rings is 1. The first-order valence-corrected chi connectivity index (χ1v) is 9.41. The van der Waals surface area contributed by atoms with Gasteiger partial charge in [0.05, 0.1) is 5.38 Å². The third-order valence-electron chi connectivity index (χ3n) is 4.65. The summed E-state index contributed by atoms with van der Waals surface area (Å²) >= 11 is 12.4. The van der Waals surface area contributed by atoms with Crippen LogP contribution in [0, 0.1) is 0 Å². The average molecular weight is 363 g/mol. The van der Waals surface area contributed by atoms with Crippen LogP contribution < -0.4 is 5.32 Å². The molecule has 1 atom stereocenters. The summed E-state index contributed by atoms with van der Waals surface area (Å²) in [5, 5.41) is 4.37. The van der Waals surface area contributed by atoms with Crippen molar-refractivity contribution in [1.82, 2.24) is 10.2 Å². The highest BCUT2D eigenvalue weighted by molar-refractivity contribution is 6.30. The van der Waals surface area contributed by atoms with Gasteiger partial charge in [0.2, 0.25) is 0 Å². The van der Waals surface area contributed by atoms with Gasteiger partial charge in [0.1, 0.15) is 0 Å². The molecule has 1 aliphatic rings. The highest BCUT2D eigenvalue weighted by atomic mass is 35.5. The van der Waals surface area contributed by atoms with Crippen LogP contribution in [0.2, 0.25) is 5.02 Å². The Bertz CT molecular complexity index is 607. The van der Waals surface area contributed by atoms with Crippen LogP contribution in [0.15, 0.2) is 54.6 Å². The smallest absolute Gasteiger partial charge is 0.0709 e.